The molecule has 1 fully saturated rings. The van der Waals surface area contributed by atoms with Gasteiger partial charge in [-0.2, -0.15) is 13.2 Å². The molecule has 0 aromatic carbocycles. The lowest BCUT2D eigenvalue weighted by atomic mass is 10.1. The van der Waals surface area contributed by atoms with Gasteiger partial charge in [0.25, 0.3) is 0 Å². The largest absolute Gasteiger partial charge is 0.481 e. The van der Waals surface area contributed by atoms with E-state index in [-0.39, 0.29) is 0 Å². The molecular formula is C7H8F3NO4. The van der Waals surface area contributed by atoms with Crippen molar-refractivity contribution < 1.29 is 33.0 Å². The number of rotatable bonds is 3. The first kappa shape index (κ1) is 11.8. The Morgan fingerprint density at radius 3 is 1.93 bits per heavy atom. The van der Waals surface area contributed by atoms with E-state index in [1.54, 1.807) is 0 Å². The zero-order valence-corrected chi connectivity index (χ0v) is 7.23. The molecule has 0 aliphatic heterocycles. The minimum Gasteiger partial charge on any atom is -0.481 e. The molecule has 15 heavy (non-hydrogen) atoms. The highest BCUT2D eigenvalue weighted by Crippen LogP contribution is 2.56. The molecule has 1 aliphatic carbocycles. The summed E-state index contributed by atoms with van der Waals surface area (Å²) in [6.07, 6.45) is -4.72. The monoisotopic (exact) mass is 227 g/mol. The van der Waals surface area contributed by atoms with Gasteiger partial charge in [0, 0.05) is 5.92 Å². The highest BCUT2D eigenvalue weighted by Gasteiger charge is 2.70. The van der Waals surface area contributed by atoms with Crippen LogP contribution in [0.25, 0.3) is 0 Å². The van der Waals surface area contributed by atoms with Gasteiger partial charge in [-0.3, -0.25) is 9.59 Å². The van der Waals surface area contributed by atoms with E-state index in [4.69, 9.17) is 15.9 Å². The van der Waals surface area contributed by atoms with Crippen LogP contribution in [0.3, 0.4) is 0 Å². The van der Waals surface area contributed by atoms with Crippen LogP contribution >= 0.6 is 0 Å². The molecule has 0 aromatic rings. The van der Waals surface area contributed by atoms with Gasteiger partial charge in [-0.05, 0) is 0 Å². The Bertz CT molecular complexity index is 303. The van der Waals surface area contributed by atoms with E-state index in [0.717, 1.165) is 0 Å². The summed E-state index contributed by atoms with van der Waals surface area (Å²) < 4.78 is 36.6. The summed E-state index contributed by atoms with van der Waals surface area (Å²) in [5.41, 5.74) is 4.97. The number of carboxylic acids is 2. The number of halogens is 3. The Balaban J connectivity index is 2.83. The van der Waals surface area contributed by atoms with Crippen LogP contribution in [0, 0.1) is 17.8 Å². The lowest BCUT2D eigenvalue weighted by Crippen LogP contribution is -2.35. The van der Waals surface area contributed by atoms with Crippen molar-refractivity contribution in [2.45, 2.75) is 12.2 Å². The first-order valence-electron chi connectivity index (χ1n) is 3.96. The lowest BCUT2D eigenvalue weighted by Gasteiger charge is -2.07. The van der Waals surface area contributed by atoms with Crippen LogP contribution in [0.4, 0.5) is 13.2 Å². The number of carboxylic acid groups (broad SMARTS) is 2. The molecule has 4 N–H and O–H groups in total. The van der Waals surface area contributed by atoms with Crippen LogP contribution in [0.15, 0.2) is 0 Å². The zero-order valence-electron chi connectivity index (χ0n) is 7.23. The van der Waals surface area contributed by atoms with Crippen molar-refractivity contribution in [3.05, 3.63) is 0 Å². The van der Waals surface area contributed by atoms with Crippen molar-refractivity contribution in [2.75, 3.05) is 0 Å². The van der Waals surface area contributed by atoms with Gasteiger partial charge in [0.1, 0.15) is 6.04 Å². The van der Waals surface area contributed by atoms with E-state index in [0.29, 0.717) is 0 Å². The third-order valence-electron chi connectivity index (χ3n) is 2.44. The van der Waals surface area contributed by atoms with E-state index in [9.17, 15) is 22.8 Å². The van der Waals surface area contributed by atoms with E-state index < -0.39 is 41.9 Å². The Labute approximate surface area is 81.7 Å². The van der Waals surface area contributed by atoms with Crippen LogP contribution in [0.5, 0.6) is 0 Å². The molecular weight excluding hydrogens is 219 g/mol. The second-order valence-electron chi connectivity index (χ2n) is 3.37. The average molecular weight is 227 g/mol. The standard InChI is InChI=1S/C7H8F3NO4/c8-7(9,10)3-1(2(3)5(12)13)4(11)6(14)15/h1-4H,11H2,(H,12,13)(H,14,15). The molecule has 8 heteroatoms. The molecule has 0 heterocycles. The van der Waals surface area contributed by atoms with E-state index in [1.165, 1.54) is 0 Å². The third-order valence-corrected chi connectivity index (χ3v) is 2.44. The van der Waals surface area contributed by atoms with Crippen LogP contribution in [0.1, 0.15) is 0 Å². The maximum Gasteiger partial charge on any atom is 0.393 e. The second kappa shape index (κ2) is 3.37. The average Bonchev–Trinajstić information content (AvgIpc) is 2.75. The molecule has 0 radical (unpaired) electrons. The van der Waals surface area contributed by atoms with Crippen molar-refractivity contribution in [1.82, 2.24) is 0 Å². The van der Waals surface area contributed by atoms with Gasteiger partial charge in [0.2, 0.25) is 0 Å². The van der Waals surface area contributed by atoms with Crippen molar-refractivity contribution in [1.29, 1.82) is 0 Å². The van der Waals surface area contributed by atoms with Crippen molar-refractivity contribution in [3.8, 4) is 0 Å². The minimum atomic E-state index is -4.72. The summed E-state index contributed by atoms with van der Waals surface area (Å²) in [5, 5.41) is 16.8. The molecule has 4 atom stereocenters. The molecule has 0 spiro atoms. The maximum atomic E-state index is 12.2. The van der Waals surface area contributed by atoms with Gasteiger partial charge >= 0.3 is 18.1 Å². The fraction of sp³-hybridized carbons (Fsp3) is 0.714. The van der Waals surface area contributed by atoms with Gasteiger partial charge in [-0.15, -0.1) is 0 Å². The van der Waals surface area contributed by atoms with Crippen LogP contribution in [0.2, 0.25) is 0 Å². The van der Waals surface area contributed by atoms with Gasteiger partial charge in [0.15, 0.2) is 0 Å². The zero-order chi connectivity index (χ0) is 12.0. The minimum absolute atomic E-state index is 1.57. The van der Waals surface area contributed by atoms with Gasteiger partial charge in [-0.1, -0.05) is 0 Å². The van der Waals surface area contributed by atoms with Crippen molar-refractivity contribution >= 4 is 11.9 Å². The SMILES string of the molecule is NC(C(=O)O)C1C(C(=O)O)C1C(F)(F)F. The normalized spacial score (nSPS) is 32.1. The predicted octanol–water partition coefficient (Wildman–Crippen LogP) is -0.0926. The fourth-order valence-electron chi connectivity index (χ4n) is 1.69. The fourth-order valence-corrected chi connectivity index (χ4v) is 1.69. The second-order valence-corrected chi connectivity index (χ2v) is 3.37. The summed E-state index contributed by atoms with van der Waals surface area (Å²) in [6.45, 7) is 0. The Morgan fingerprint density at radius 2 is 1.73 bits per heavy atom. The summed E-state index contributed by atoms with van der Waals surface area (Å²) in [6, 6.07) is -1.79. The van der Waals surface area contributed by atoms with E-state index in [1.807, 2.05) is 0 Å². The van der Waals surface area contributed by atoms with Gasteiger partial charge < -0.3 is 15.9 Å². The Hall–Kier alpha value is -1.31. The number of hydrogen-bond acceptors (Lipinski definition) is 3. The number of carbonyl (C=O) groups is 2. The third kappa shape index (κ3) is 2.04. The quantitative estimate of drug-likeness (QED) is 0.625. The summed E-state index contributed by atoms with van der Waals surface area (Å²) in [7, 11) is 0. The molecule has 0 amide bonds. The Kier molecular flexibility index (Phi) is 2.64. The van der Waals surface area contributed by atoms with Crippen molar-refractivity contribution in [2.24, 2.45) is 23.5 Å². The van der Waals surface area contributed by atoms with Crippen LogP contribution in [-0.2, 0) is 9.59 Å². The molecule has 4 unspecified atom stereocenters. The molecule has 0 saturated heterocycles. The predicted molar refractivity (Wildman–Crippen MR) is 39.8 cm³/mol. The summed E-state index contributed by atoms with van der Waals surface area (Å²) in [5.74, 6) is -8.76. The van der Waals surface area contributed by atoms with Crippen LogP contribution < -0.4 is 5.73 Å². The van der Waals surface area contributed by atoms with Gasteiger partial charge in [0.05, 0.1) is 11.8 Å². The maximum absolute atomic E-state index is 12.2. The number of nitrogens with two attached hydrogens (primary N) is 1. The number of aliphatic carboxylic acids is 2. The van der Waals surface area contributed by atoms with E-state index >= 15 is 0 Å². The molecule has 1 rings (SSSR count). The molecule has 5 nitrogen and oxygen atoms in total. The first-order valence-corrected chi connectivity index (χ1v) is 3.96. The topological polar surface area (TPSA) is 101 Å². The molecule has 1 saturated carbocycles. The van der Waals surface area contributed by atoms with Gasteiger partial charge in [-0.25, -0.2) is 0 Å². The molecule has 86 valence electrons. The highest BCUT2D eigenvalue weighted by molar-refractivity contribution is 5.80. The smallest absolute Gasteiger partial charge is 0.393 e. The molecule has 0 bridgehead atoms. The lowest BCUT2D eigenvalue weighted by molar-refractivity contribution is -0.162. The molecule has 0 aromatic heterocycles. The van der Waals surface area contributed by atoms with Crippen LogP contribution in [-0.4, -0.2) is 34.4 Å². The molecule has 1 aliphatic rings. The number of hydrogen-bond donors (Lipinski definition) is 3. The van der Waals surface area contributed by atoms with Crippen molar-refractivity contribution in [3.63, 3.8) is 0 Å². The highest BCUT2D eigenvalue weighted by atomic mass is 19.4. The van der Waals surface area contributed by atoms with E-state index in [2.05, 4.69) is 0 Å². The number of alkyl halides is 3. The summed E-state index contributed by atoms with van der Waals surface area (Å²) >= 11 is 0. The first-order chi connectivity index (χ1) is 6.68. The Morgan fingerprint density at radius 1 is 1.27 bits per heavy atom. The summed E-state index contributed by atoms with van der Waals surface area (Å²) in [4.78, 5) is 20.7.